The van der Waals surface area contributed by atoms with E-state index in [1.807, 2.05) is 0 Å². The van der Waals surface area contributed by atoms with Crippen LogP contribution in [0.25, 0.3) is 0 Å². The Balaban J connectivity index is 2.20. The fraction of sp³-hybridized carbons (Fsp3) is 0.375. The van der Waals surface area contributed by atoms with Crippen molar-refractivity contribution in [3.05, 3.63) is 47.8 Å². The first kappa shape index (κ1) is 16.9. The van der Waals surface area contributed by atoms with E-state index in [1.54, 1.807) is 37.8 Å². The number of carbonyl (C=O) groups is 1. The molecule has 2 rings (SSSR count). The second-order valence-electron chi connectivity index (χ2n) is 5.15. The molecule has 0 aliphatic carbocycles. The van der Waals surface area contributed by atoms with Crippen LogP contribution in [0.1, 0.15) is 31.0 Å². The van der Waals surface area contributed by atoms with E-state index in [1.165, 1.54) is 24.4 Å². The van der Waals surface area contributed by atoms with E-state index in [9.17, 15) is 13.6 Å². The molecule has 1 N–H and O–H groups in total. The number of aromatic nitrogens is 2. The van der Waals surface area contributed by atoms with Gasteiger partial charge in [-0.1, -0.05) is 12.1 Å². The minimum absolute atomic E-state index is 0.00387. The normalized spacial score (nSPS) is 12.7. The predicted molar refractivity (Wildman–Crippen MR) is 81.3 cm³/mol. The van der Waals surface area contributed by atoms with Gasteiger partial charge in [-0.05, 0) is 26.0 Å². The maximum Gasteiger partial charge on any atom is 0.353 e. The second-order valence-corrected chi connectivity index (χ2v) is 5.15. The molecule has 1 amide bonds. The van der Waals surface area contributed by atoms with Gasteiger partial charge >= 0.3 is 5.92 Å². The Bertz CT molecular complexity index is 685. The van der Waals surface area contributed by atoms with E-state index in [0.717, 1.165) is 0 Å². The number of nitrogens with zero attached hydrogens (tertiary/aromatic N) is 2. The molecule has 1 atom stereocenters. The number of para-hydroxylation sites is 1. The van der Waals surface area contributed by atoms with Crippen molar-refractivity contribution >= 4 is 5.91 Å². The number of carbonyl (C=O) groups excluding carboxylic acids is 1. The standard InChI is InChI=1S/C16H19F2N3O2/c1-4-23-14-8-6-5-7-13(14)16(17,18)15(22)20-11(2)12-9-19-21(3)10-12/h5-11H,4H2,1-3H3,(H,20,22)/t11-/m1/s1. The van der Waals surface area contributed by atoms with Crippen molar-refractivity contribution < 1.29 is 18.3 Å². The van der Waals surface area contributed by atoms with E-state index < -0.39 is 23.4 Å². The summed E-state index contributed by atoms with van der Waals surface area (Å²) in [7, 11) is 1.71. The summed E-state index contributed by atoms with van der Waals surface area (Å²) >= 11 is 0. The van der Waals surface area contributed by atoms with E-state index in [2.05, 4.69) is 10.4 Å². The fourth-order valence-corrected chi connectivity index (χ4v) is 2.16. The maximum absolute atomic E-state index is 14.5. The highest BCUT2D eigenvalue weighted by Crippen LogP contribution is 2.35. The third-order valence-corrected chi connectivity index (χ3v) is 3.38. The summed E-state index contributed by atoms with van der Waals surface area (Å²) in [5.41, 5.74) is 0.201. The van der Waals surface area contributed by atoms with Crippen LogP contribution >= 0.6 is 0 Å². The van der Waals surface area contributed by atoms with Crippen molar-refractivity contribution in [2.75, 3.05) is 6.61 Å². The van der Waals surface area contributed by atoms with E-state index in [-0.39, 0.29) is 12.4 Å². The fourth-order valence-electron chi connectivity index (χ4n) is 2.16. The molecule has 0 saturated heterocycles. The average molecular weight is 323 g/mol. The lowest BCUT2D eigenvalue weighted by molar-refractivity contribution is -0.148. The zero-order valence-electron chi connectivity index (χ0n) is 13.2. The van der Waals surface area contributed by atoms with Gasteiger partial charge in [-0.2, -0.15) is 13.9 Å². The molecule has 0 bridgehead atoms. The largest absolute Gasteiger partial charge is 0.493 e. The molecule has 7 heteroatoms. The number of hydrogen-bond acceptors (Lipinski definition) is 3. The zero-order valence-corrected chi connectivity index (χ0v) is 13.2. The molecule has 1 aromatic heterocycles. The van der Waals surface area contributed by atoms with E-state index in [0.29, 0.717) is 5.56 Å². The number of halogens is 2. The molecule has 0 unspecified atom stereocenters. The molecule has 0 radical (unpaired) electrons. The minimum atomic E-state index is -3.69. The highest BCUT2D eigenvalue weighted by Gasteiger charge is 2.43. The van der Waals surface area contributed by atoms with Gasteiger partial charge in [0.25, 0.3) is 5.91 Å². The Kier molecular flexibility index (Phi) is 4.98. The third-order valence-electron chi connectivity index (χ3n) is 3.38. The maximum atomic E-state index is 14.5. The first-order valence-electron chi connectivity index (χ1n) is 7.26. The Morgan fingerprint density at radius 2 is 2.13 bits per heavy atom. The molecular formula is C16H19F2N3O2. The molecule has 0 spiro atoms. The number of amides is 1. The first-order chi connectivity index (χ1) is 10.9. The Hall–Kier alpha value is -2.44. The second kappa shape index (κ2) is 6.76. The van der Waals surface area contributed by atoms with Crippen LogP contribution in [0.4, 0.5) is 8.78 Å². The third kappa shape index (κ3) is 3.67. The summed E-state index contributed by atoms with van der Waals surface area (Å²) in [6.45, 7) is 3.56. The molecule has 1 aromatic carbocycles. The summed E-state index contributed by atoms with van der Waals surface area (Å²) in [6, 6.07) is 5.06. The average Bonchev–Trinajstić information content (AvgIpc) is 2.94. The zero-order chi connectivity index (χ0) is 17.0. The van der Waals surface area contributed by atoms with Gasteiger partial charge in [0.05, 0.1) is 24.4 Å². The SMILES string of the molecule is CCOc1ccccc1C(F)(F)C(=O)N[C@H](C)c1cnn(C)c1. The van der Waals surface area contributed by atoms with Gasteiger partial charge in [0.15, 0.2) is 0 Å². The van der Waals surface area contributed by atoms with Crippen LogP contribution in [-0.2, 0) is 17.8 Å². The van der Waals surface area contributed by atoms with Crippen molar-refractivity contribution in [1.82, 2.24) is 15.1 Å². The first-order valence-corrected chi connectivity index (χ1v) is 7.26. The minimum Gasteiger partial charge on any atom is -0.493 e. The Morgan fingerprint density at radius 3 is 2.74 bits per heavy atom. The van der Waals surface area contributed by atoms with Crippen molar-refractivity contribution in [3.8, 4) is 5.75 Å². The molecule has 1 heterocycles. The highest BCUT2D eigenvalue weighted by molar-refractivity contribution is 5.85. The van der Waals surface area contributed by atoms with Gasteiger partial charge in [0.2, 0.25) is 0 Å². The summed E-state index contributed by atoms with van der Waals surface area (Å²) in [5, 5.41) is 6.28. The summed E-state index contributed by atoms with van der Waals surface area (Å²) in [4.78, 5) is 12.1. The summed E-state index contributed by atoms with van der Waals surface area (Å²) < 4.78 is 35.7. The number of benzene rings is 1. The van der Waals surface area contributed by atoms with Crippen molar-refractivity contribution in [2.45, 2.75) is 25.8 Å². The smallest absolute Gasteiger partial charge is 0.353 e. The van der Waals surface area contributed by atoms with Gasteiger partial charge in [0.1, 0.15) is 5.75 Å². The molecule has 2 aromatic rings. The number of rotatable bonds is 6. The molecule has 23 heavy (non-hydrogen) atoms. The van der Waals surface area contributed by atoms with Crippen LogP contribution in [0.15, 0.2) is 36.7 Å². The van der Waals surface area contributed by atoms with Crippen LogP contribution in [0.2, 0.25) is 0 Å². The number of ether oxygens (including phenoxy) is 1. The van der Waals surface area contributed by atoms with Gasteiger partial charge in [-0.3, -0.25) is 9.48 Å². The number of aryl methyl sites for hydroxylation is 1. The van der Waals surface area contributed by atoms with Crippen LogP contribution in [0.5, 0.6) is 5.75 Å². The van der Waals surface area contributed by atoms with E-state index in [4.69, 9.17) is 4.74 Å². The molecular weight excluding hydrogens is 304 g/mol. The number of alkyl halides is 2. The van der Waals surface area contributed by atoms with Gasteiger partial charge in [-0.25, -0.2) is 0 Å². The van der Waals surface area contributed by atoms with Gasteiger partial charge in [0, 0.05) is 18.8 Å². The molecule has 0 fully saturated rings. The predicted octanol–water partition coefficient (Wildman–Crippen LogP) is 2.79. The summed E-state index contributed by atoms with van der Waals surface area (Å²) in [5.74, 6) is -5.06. The Morgan fingerprint density at radius 1 is 1.43 bits per heavy atom. The molecule has 0 aliphatic rings. The lowest BCUT2D eigenvalue weighted by Gasteiger charge is -2.21. The van der Waals surface area contributed by atoms with Gasteiger partial charge < -0.3 is 10.1 Å². The van der Waals surface area contributed by atoms with Crippen LogP contribution in [-0.4, -0.2) is 22.3 Å². The van der Waals surface area contributed by atoms with Crippen LogP contribution in [0, 0.1) is 0 Å². The number of nitrogens with one attached hydrogen (secondary N) is 1. The van der Waals surface area contributed by atoms with Crippen LogP contribution in [0.3, 0.4) is 0 Å². The van der Waals surface area contributed by atoms with Crippen molar-refractivity contribution in [1.29, 1.82) is 0 Å². The molecule has 124 valence electrons. The van der Waals surface area contributed by atoms with Crippen LogP contribution < -0.4 is 10.1 Å². The molecule has 5 nitrogen and oxygen atoms in total. The lowest BCUT2D eigenvalue weighted by atomic mass is 10.1. The van der Waals surface area contributed by atoms with Gasteiger partial charge in [-0.15, -0.1) is 0 Å². The number of hydrogen-bond donors (Lipinski definition) is 1. The van der Waals surface area contributed by atoms with Crippen molar-refractivity contribution in [2.24, 2.45) is 7.05 Å². The van der Waals surface area contributed by atoms with Crippen molar-refractivity contribution in [3.63, 3.8) is 0 Å². The summed E-state index contributed by atoms with van der Waals surface area (Å²) in [6.07, 6.45) is 3.19. The lowest BCUT2D eigenvalue weighted by Crippen LogP contribution is -2.39. The molecule has 0 aliphatic heterocycles. The van der Waals surface area contributed by atoms with E-state index >= 15 is 0 Å². The monoisotopic (exact) mass is 323 g/mol. The quantitative estimate of drug-likeness (QED) is 0.889. The highest BCUT2D eigenvalue weighted by atomic mass is 19.3. The molecule has 0 saturated carbocycles. The Labute approximate surface area is 133 Å². The topological polar surface area (TPSA) is 56.1 Å².